The van der Waals surface area contributed by atoms with Gasteiger partial charge in [-0.3, -0.25) is 4.79 Å². The van der Waals surface area contributed by atoms with E-state index in [9.17, 15) is 4.79 Å². The largest absolute Gasteiger partial charge is 0.381 e. The van der Waals surface area contributed by atoms with Crippen molar-refractivity contribution in [3.63, 3.8) is 0 Å². The second-order valence-electron chi connectivity index (χ2n) is 7.96. The lowest BCUT2D eigenvalue weighted by atomic mass is 9.85. The minimum atomic E-state index is 0. The maximum absolute atomic E-state index is 12.0. The zero-order chi connectivity index (χ0) is 19.1. The van der Waals surface area contributed by atoms with Crippen LogP contribution in [0.1, 0.15) is 38.5 Å². The van der Waals surface area contributed by atoms with E-state index in [-0.39, 0.29) is 42.0 Å². The standard InChI is InChI=1S/C19H34N4O3S.HI/c1-23(2)17(24)14-20-18(21-15-3-8-25-9-4-15)22-16-5-10-26-19(13-16)6-11-27-12-7-19;/h15-16H,3-14H2,1-2H3,(H2,20,21,22);1H. The molecule has 162 valence electrons. The molecule has 0 aromatic rings. The van der Waals surface area contributed by atoms with Gasteiger partial charge >= 0.3 is 0 Å². The smallest absolute Gasteiger partial charge is 0.243 e. The van der Waals surface area contributed by atoms with Crippen LogP contribution in [0.15, 0.2) is 4.99 Å². The molecule has 1 amide bonds. The van der Waals surface area contributed by atoms with Crippen LogP contribution in [0.5, 0.6) is 0 Å². The van der Waals surface area contributed by atoms with Gasteiger partial charge in [-0.1, -0.05) is 0 Å². The Morgan fingerprint density at radius 1 is 1.11 bits per heavy atom. The van der Waals surface area contributed by atoms with Crippen LogP contribution in [-0.4, -0.2) is 86.4 Å². The molecule has 28 heavy (non-hydrogen) atoms. The third-order valence-corrected chi connectivity index (χ3v) is 6.66. The number of hydrogen-bond acceptors (Lipinski definition) is 5. The highest BCUT2D eigenvalue weighted by atomic mass is 127. The second-order valence-corrected chi connectivity index (χ2v) is 9.19. The monoisotopic (exact) mass is 526 g/mol. The molecule has 1 unspecified atom stereocenters. The number of likely N-dealkylation sites (N-methyl/N-ethyl adjacent to an activating group) is 1. The van der Waals surface area contributed by atoms with Gasteiger partial charge in [0.2, 0.25) is 5.91 Å². The molecule has 3 fully saturated rings. The quantitative estimate of drug-likeness (QED) is 0.331. The number of thioether (sulfide) groups is 1. The third-order valence-electron chi connectivity index (χ3n) is 5.67. The molecule has 1 atom stereocenters. The van der Waals surface area contributed by atoms with E-state index in [1.54, 1.807) is 19.0 Å². The van der Waals surface area contributed by atoms with E-state index in [2.05, 4.69) is 15.6 Å². The molecular weight excluding hydrogens is 491 g/mol. The van der Waals surface area contributed by atoms with Crippen LogP contribution in [-0.2, 0) is 14.3 Å². The van der Waals surface area contributed by atoms with Crippen LogP contribution in [0, 0.1) is 0 Å². The molecule has 0 aliphatic carbocycles. The molecule has 0 saturated carbocycles. The molecule has 0 aromatic carbocycles. The van der Waals surface area contributed by atoms with Gasteiger partial charge in [0.1, 0.15) is 6.54 Å². The number of carbonyl (C=O) groups excluding carboxylic acids is 1. The maximum Gasteiger partial charge on any atom is 0.243 e. The van der Waals surface area contributed by atoms with Crippen molar-refractivity contribution in [1.82, 2.24) is 15.5 Å². The predicted octanol–water partition coefficient (Wildman–Crippen LogP) is 1.85. The fourth-order valence-corrected chi connectivity index (χ4v) is 5.13. The summed E-state index contributed by atoms with van der Waals surface area (Å²) in [4.78, 5) is 18.2. The van der Waals surface area contributed by atoms with Gasteiger partial charge in [-0.15, -0.1) is 24.0 Å². The van der Waals surface area contributed by atoms with Gasteiger partial charge in [0.25, 0.3) is 0 Å². The summed E-state index contributed by atoms with van der Waals surface area (Å²) in [6.07, 6.45) is 6.20. The van der Waals surface area contributed by atoms with Gasteiger partial charge in [0, 0.05) is 46.0 Å². The van der Waals surface area contributed by atoms with Crippen molar-refractivity contribution >= 4 is 47.6 Å². The van der Waals surface area contributed by atoms with Gasteiger partial charge < -0.3 is 25.0 Å². The minimum Gasteiger partial charge on any atom is -0.381 e. The summed E-state index contributed by atoms with van der Waals surface area (Å²) in [5.74, 6) is 3.14. The van der Waals surface area contributed by atoms with Gasteiger partial charge in [-0.25, -0.2) is 4.99 Å². The number of amides is 1. The van der Waals surface area contributed by atoms with Crippen LogP contribution in [0.25, 0.3) is 0 Å². The SMILES string of the molecule is CN(C)C(=O)CN=C(NC1CCOCC1)NC1CCOC2(CCSCC2)C1.I. The fraction of sp³-hybridized carbons (Fsp3) is 0.895. The molecule has 3 saturated heterocycles. The predicted molar refractivity (Wildman–Crippen MR) is 125 cm³/mol. The minimum absolute atomic E-state index is 0. The maximum atomic E-state index is 12.0. The normalized spacial score (nSPS) is 25.6. The molecule has 3 heterocycles. The van der Waals surface area contributed by atoms with E-state index in [0.29, 0.717) is 12.1 Å². The number of rotatable bonds is 4. The van der Waals surface area contributed by atoms with E-state index in [4.69, 9.17) is 9.47 Å². The van der Waals surface area contributed by atoms with Crippen molar-refractivity contribution < 1.29 is 14.3 Å². The fourth-order valence-electron chi connectivity index (χ4n) is 3.89. The van der Waals surface area contributed by atoms with Crippen LogP contribution in [0.4, 0.5) is 0 Å². The lowest BCUT2D eigenvalue weighted by Gasteiger charge is -2.43. The Balaban J connectivity index is 0.00000280. The van der Waals surface area contributed by atoms with E-state index >= 15 is 0 Å². The van der Waals surface area contributed by atoms with Gasteiger partial charge in [-0.2, -0.15) is 11.8 Å². The summed E-state index contributed by atoms with van der Waals surface area (Å²) in [6.45, 7) is 2.51. The number of halogens is 1. The number of aliphatic imine (C=N–C) groups is 1. The molecule has 0 radical (unpaired) electrons. The number of guanidine groups is 1. The van der Waals surface area contributed by atoms with E-state index < -0.39 is 0 Å². The molecule has 2 N–H and O–H groups in total. The number of hydrogen-bond donors (Lipinski definition) is 2. The first-order valence-electron chi connectivity index (χ1n) is 10.1. The van der Waals surface area contributed by atoms with Gasteiger partial charge in [0.15, 0.2) is 5.96 Å². The summed E-state index contributed by atoms with van der Waals surface area (Å²) >= 11 is 2.02. The van der Waals surface area contributed by atoms with E-state index in [1.807, 2.05) is 11.8 Å². The van der Waals surface area contributed by atoms with Gasteiger partial charge in [0.05, 0.1) is 5.60 Å². The Hall–Kier alpha value is -0.260. The van der Waals surface area contributed by atoms with Crippen LogP contribution < -0.4 is 10.6 Å². The summed E-state index contributed by atoms with van der Waals surface area (Å²) < 4.78 is 11.7. The first-order chi connectivity index (χ1) is 13.1. The molecule has 7 nitrogen and oxygen atoms in total. The molecule has 9 heteroatoms. The Labute approximate surface area is 190 Å². The van der Waals surface area contributed by atoms with Crippen molar-refractivity contribution in [3.05, 3.63) is 0 Å². The van der Waals surface area contributed by atoms with Crippen LogP contribution in [0.3, 0.4) is 0 Å². The highest BCUT2D eigenvalue weighted by molar-refractivity contribution is 14.0. The second kappa shape index (κ2) is 11.8. The summed E-state index contributed by atoms with van der Waals surface area (Å²) in [5.41, 5.74) is 0.0322. The molecule has 3 aliphatic rings. The average Bonchev–Trinajstić information content (AvgIpc) is 2.67. The Morgan fingerprint density at radius 2 is 1.75 bits per heavy atom. The molecule has 3 rings (SSSR count). The Kier molecular flexibility index (Phi) is 10.1. The topological polar surface area (TPSA) is 75.2 Å². The summed E-state index contributed by atoms with van der Waals surface area (Å²) in [7, 11) is 3.53. The number of nitrogens with one attached hydrogen (secondary N) is 2. The first-order valence-corrected chi connectivity index (χ1v) is 11.3. The van der Waals surface area contributed by atoms with Crippen molar-refractivity contribution in [2.45, 2.75) is 56.2 Å². The lowest BCUT2D eigenvalue weighted by molar-refractivity contribution is -0.127. The first kappa shape index (κ1) is 24.0. The Morgan fingerprint density at radius 3 is 2.43 bits per heavy atom. The third kappa shape index (κ3) is 7.21. The number of carbonyl (C=O) groups is 1. The average molecular weight is 526 g/mol. The van der Waals surface area contributed by atoms with Crippen molar-refractivity contribution in [2.24, 2.45) is 4.99 Å². The summed E-state index contributed by atoms with van der Waals surface area (Å²) in [5, 5.41) is 7.14. The highest BCUT2D eigenvalue weighted by Crippen LogP contribution is 2.37. The number of nitrogens with zero attached hydrogens (tertiary/aromatic N) is 2. The molecule has 0 aromatic heterocycles. The zero-order valence-corrected chi connectivity index (χ0v) is 20.2. The van der Waals surface area contributed by atoms with Crippen molar-refractivity contribution in [1.29, 1.82) is 0 Å². The van der Waals surface area contributed by atoms with Gasteiger partial charge in [-0.05, 0) is 50.0 Å². The Bertz CT molecular complexity index is 518. The summed E-state index contributed by atoms with van der Waals surface area (Å²) in [6, 6.07) is 0.682. The highest BCUT2D eigenvalue weighted by Gasteiger charge is 2.39. The van der Waals surface area contributed by atoms with E-state index in [1.165, 1.54) is 11.5 Å². The molecule has 0 bridgehead atoms. The van der Waals surface area contributed by atoms with E-state index in [0.717, 1.165) is 64.3 Å². The molecular formula is C19H35IN4O3S. The van der Waals surface area contributed by atoms with Crippen LogP contribution >= 0.6 is 35.7 Å². The lowest BCUT2D eigenvalue weighted by Crippen LogP contribution is -2.54. The van der Waals surface area contributed by atoms with Crippen LogP contribution in [0.2, 0.25) is 0 Å². The molecule has 3 aliphatic heterocycles. The zero-order valence-electron chi connectivity index (χ0n) is 17.1. The number of ether oxygens (including phenoxy) is 2. The van der Waals surface area contributed by atoms with Crippen molar-refractivity contribution in [3.8, 4) is 0 Å². The molecule has 1 spiro atoms. The van der Waals surface area contributed by atoms with Crippen molar-refractivity contribution in [2.75, 3.05) is 52.0 Å².